The van der Waals surface area contributed by atoms with Gasteiger partial charge in [0.1, 0.15) is 0 Å². The van der Waals surface area contributed by atoms with Gasteiger partial charge in [-0.2, -0.15) is 0 Å². The molecular weight excluding hydrogens is 380 g/mol. The molecule has 148 valence electrons. The van der Waals surface area contributed by atoms with E-state index in [2.05, 4.69) is 15.5 Å². The Morgan fingerprint density at radius 1 is 0.867 bits per heavy atom. The lowest BCUT2D eigenvalue weighted by Crippen LogP contribution is -2.18. The Morgan fingerprint density at radius 2 is 1.57 bits per heavy atom. The average Bonchev–Trinajstić information content (AvgIpc) is 3.24. The van der Waals surface area contributed by atoms with E-state index in [0.29, 0.717) is 28.6 Å². The molecule has 0 aliphatic carbocycles. The Kier molecular flexibility index (Phi) is 5.09. The zero-order valence-electron chi connectivity index (χ0n) is 16.1. The maximum atomic E-state index is 12.5. The second-order valence-electron chi connectivity index (χ2n) is 6.72. The van der Waals surface area contributed by atoms with Crippen LogP contribution in [0.5, 0.6) is 0 Å². The number of carbonyl (C=O) groups is 2. The summed E-state index contributed by atoms with van der Waals surface area (Å²) in [6.07, 6.45) is 0. The number of nitrogens with one attached hydrogen (secondary N) is 1. The van der Waals surface area contributed by atoms with Crippen LogP contribution in [-0.4, -0.2) is 22.0 Å². The van der Waals surface area contributed by atoms with Gasteiger partial charge in [0, 0.05) is 16.7 Å². The van der Waals surface area contributed by atoms with Crippen molar-refractivity contribution >= 4 is 17.5 Å². The summed E-state index contributed by atoms with van der Waals surface area (Å²) in [5.74, 6) is -0.181. The number of para-hydroxylation sites is 1. The zero-order chi connectivity index (χ0) is 21.1. The number of amides is 2. The number of benzene rings is 3. The lowest BCUT2D eigenvalue weighted by atomic mass is 10.1. The molecule has 7 nitrogen and oxygen atoms in total. The van der Waals surface area contributed by atoms with Crippen molar-refractivity contribution in [3.8, 4) is 22.9 Å². The van der Waals surface area contributed by atoms with Gasteiger partial charge in [-0.25, -0.2) is 0 Å². The Bertz CT molecular complexity index is 1230. The first kappa shape index (κ1) is 19.1. The standard InChI is InChI=1S/C23H18N4O3/c1-14-5-4-6-17(13-14)23-27-26-22(30-23)16-11-9-15(10-12-16)21(29)25-19-8-3-2-7-18(19)20(24)28/h2-13H,1H3,(H2,24,28)(H,25,29). The lowest BCUT2D eigenvalue weighted by Gasteiger charge is -2.09. The highest BCUT2D eigenvalue weighted by molar-refractivity contribution is 6.08. The predicted octanol–water partition coefficient (Wildman–Crippen LogP) is 4.06. The highest BCUT2D eigenvalue weighted by atomic mass is 16.4. The number of aromatic nitrogens is 2. The summed E-state index contributed by atoms with van der Waals surface area (Å²) >= 11 is 0. The van der Waals surface area contributed by atoms with Gasteiger partial charge >= 0.3 is 0 Å². The minimum absolute atomic E-state index is 0.247. The largest absolute Gasteiger partial charge is 0.416 e. The van der Waals surface area contributed by atoms with Gasteiger partial charge in [0.2, 0.25) is 11.8 Å². The van der Waals surface area contributed by atoms with Gasteiger partial charge in [0.15, 0.2) is 0 Å². The van der Waals surface area contributed by atoms with Crippen LogP contribution in [0.2, 0.25) is 0 Å². The van der Waals surface area contributed by atoms with Crippen LogP contribution in [0.3, 0.4) is 0 Å². The number of hydrogen-bond acceptors (Lipinski definition) is 5. The van der Waals surface area contributed by atoms with Crippen molar-refractivity contribution in [3.05, 3.63) is 89.5 Å². The van der Waals surface area contributed by atoms with Crippen LogP contribution in [0.4, 0.5) is 5.69 Å². The van der Waals surface area contributed by atoms with Gasteiger partial charge in [0.25, 0.3) is 11.8 Å². The van der Waals surface area contributed by atoms with Crippen LogP contribution in [0, 0.1) is 6.92 Å². The fourth-order valence-corrected chi connectivity index (χ4v) is 3.00. The van der Waals surface area contributed by atoms with E-state index in [4.69, 9.17) is 10.2 Å². The molecule has 3 N–H and O–H groups in total. The number of nitrogens with zero attached hydrogens (tertiary/aromatic N) is 2. The molecule has 0 saturated carbocycles. The van der Waals surface area contributed by atoms with Crippen molar-refractivity contribution in [1.29, 1.82) is 0 Å². The Balaban J connectivity index is 1.52. The molecule has 1 aromatic heterocycles. The topological polar surface area (TPSA) is 111 Å². The van der Waals surface area contributed by atoms with Crippen LogP contribution in [0.25, 0.3) is 22.9 Å². The Labute approximate surface area is 172 Å². The summed E-state index contributed by atoms with van der Waals surface area (Å²) in [4.78, 5) is 24.1. The summed E-state index contributed by atoms with van der Waals surface area (Å²) in [6.45, 7) is 1.99. The van der Waals surface area contributed by atoms with Crippen molar-refractivity contribution in [2.24, 2.45) is 5.73 Å². The summed E-state index contributed by atoms with van der Waals surface area (Å²) in [5.41, 5.74) is 9.01. The molecule has 1 heterocycles. The van der Waals surface area contributed by atoms with Gasteiger partial charge in [0.05, 0.1) is 11.3 Å². The average molecular weight is 398 g/mol. The van der Waals surface area contributed by atoms with Crippen molar-refractivity contribution in [2.45, 2.75) is 6.92 Å². The van der Waals surface area contributed by atoms with E-state index in [0.717, 1.165) is 11.1 Å². The SMILES string of the molecule is Cc1cccc(-c2nnc(-c3ccc(C(=O)Nc4ccccc4C(N)=O)cc3)o2)c1. The molecule has 4 rings (SSSR count). The molecule has 4 aromatic rings. The number of hydrogen-bond donors (Lipinski definition) is 2. The van der Waals surface area contributed by atoms with Gasteiger partial charge in [-0.1, -0.05) is 29.8 Å². The number of rotatable bonds is 5. The summed E-state index contributed by atoms with van der Waals surface area (Å²) in [7, 11) is 0. The number of primary amides is 1. The summed E-state index contributed by atoms with van der Waals surface area (Å²) < 4.78 is 5.77. The third kappa shape index (κ3) is 3.95. The van der Waals surface area contributed by atoms with Crippen LogP contribution in [0.15, 0.2) is 77.2 Å². The van der Waals surface area contributed by atoms with Crippen molar-refractivity contribution in [2.75, 3.05) is 5.32 Å². The third-order valence-corrected chi connectivity index (χ3v) is 4.52. The molecule has 0 saturated heterocycles. The number of aryl methyl sites for hydroxylation is 1. The molecule has 0 radical (unpaired) electrons. The fraction of sp³-hybridized carbons (Fsp3) is 0.0435. The number of carbonyl (C=O) groups excluding carboxylic acids is 2. The van der Waals surface area contributed by atoms with E-state index in [1.165, 1.54) is 0 Å². The highest BCUT2D eigenvalue weighted by Gasteiger charge is 2.14. The molecule has 0 aliphatic rings. The Morgan fingerprint density at radius 3 is 2.27 bits per heavy atom. The zero-order valence-corrected chi connectivity index (χ0v) is 16.1. The fourth-order valence-electron chi connectivity index (χ4n) is 3.00. The first-order valence-corrected chi connectivity index (χ1v) is 9.22. The molecule has 0 bridgehead atoms. The van der Waals surface area contributed by atoms with E-state index >= 15 is 0 Å². The molecule has 3 aromatic carbocycles. The molecule has 0 aliphatic heterocycles. The van der Waals surface area contributed by atoms with Crippen LogP contribution < -0.4 is 11.1 Å². The maximum absolute atomic E-state index is 12.5. The van der Waals surface area contributed by atoms with Gasteiger partial charge in [-0.15, -0.1) is 10.2 Å². The molecule has 30 heavy (non-hydrogen) atoms. The quantitative estimate of drug-likeness (QED) is 0.526. The lowest BCUT2D eigenvalue weighted by molar-refractivity contribution is 0.100. The maximum Gasteiger partial charge on any atom is 0.255 e. The predicted molar refractivity (Wildman–Crippen MR) is 113 cm³/mol. The van der Waals surface area contributed by atoms with Gasteiger partial charge < -0.3 is 15.5 Å². The van der Waals surface area contributed by atoms with Crippen LogP contribution in [-0.2, 0) is 0 Å². The van der Waals surface area contributed by atoms with E-state index in [9.17, 15) is 9.59 Å². The smallest absolute Gasteiger partial charge is 0.255 e. The normalized spacial score (nSPS) is 10.6. The molecular formula is C23H18N4O3. The molecule has 0 atom stereocenters. The molecule has 2 amide bonds. The molecule has 0 unspecified atom stereocenters. The van der Waals surface area contributed by atoms with Crippen molar-refractivity contribution in [1.82, 2.24) is 10.2 Å². The second kappa shape index (κ2) is 8.00. The second-order valence-corrected chi connectivity index (χ2v) is 6.72. The van der Waals surface area contributed by atoms with E-state index in [1.807, 2.05) is 31.2 Å². The molecule has 0 spiro atoms. The van der Waals surface area contributed by atoms with Crippen molar-refractivity contribution < 1.29 is 14.0 Å². The van der Waals surface area contributed by atoms with Crippen molar-refractivity contribution in [3.63, 3.8) is 0 Å². The Hall–Kier alpha value is -4.26. The first-order valence-electron chi connectivity index (χ1n) is 9.22. The van der Waals surface area contributed by atoms with Crippen LogP contribution >= 0.6 is 0 Å². The first-order chi connectivity index (χ1) is 14.5. The van der Waals surface area contributed by atoms with Crippen LogP contribution in [0.1, 0.15) is 26.3 Å². The minimum Gasteiger partial charge on any atom is -0.416 e. The third-order valence-electron chi connectivity index (χ3n) is 4.52. The monoisotopic (exact) mass is 398 g/mol. The van der Waals surface area contributed by atoms with E-state index in [-0.39, 0.29) is 11.5 Å². The molecule has 7 heteroatoms. The minimum atomic E-state index is -0.609. The number of anilines is 1. The van der Waals surface area contributed by atoms with Gasteiger partial charge in [-0.05, 0) is 55.5 Å². The highest BCUT2D eigenvalue weighted by Crippen LogP contribution is 2.25. The van der Waals surface area contributed by atoms with E-state index < -0.39 is 5.91 Å². The van der Waals surface area contributed by atoms with E-state index in [1.54, 1.807) is 48.5 Å². The van der Waals surface area contributed by atoms with Gasteiger partial charge in [-0.3, -0.25) is 9.59 Å². The number of nitrogens with two attached hydrogens (primary N) is 1. The summed E-state index contributed by atoms with van der Waals surface area (Å²) in [6, 6.07) is 21.1. The summed E-state index contributed by atoms with van der Waals surface area (Å²) in [5, 5.41) is 10.9. The molecule has 0 fully saturated rings.